The zero-order chi connectivity index (χ0) is 19.8. The number of fused-ring (bicyclic) bond motifs is 1. The maximum atomic E-state index is 12.3. The lowest BCUT2D eigenvalue weighted by Gasteiger charge is -2.31. The minimum absolute atomic E-state index is 0.211. The number of para-hydroxylation sites is 1. The van der Waals surface area contributed by atoms with Gasteiger partial charge in [-0.3, -0.25) is 4.68 Å². The van der Waals surface area contributed by atoms with Crippen molar-refractivity contribution in [3.8, 4) is 16.9 Å². The molecule has 6 nitrogen and oxygen atoms in total. The molecule has 0 aliphatic carbocycles. The lowest BCUT2D eigenvalue weighted by atomic mass is 9.89. The molecular formula is C21H29N3O3. The van der Waals surface area contributed by atoms with E-state index in [4.69, 9.17) is 9.47 Å². The Labute approximate surface area is 161 Å². The first-order chi connectivity index (χ1) is 12.7. The monoisotopic (exact) mass is 371 g/mol. The molecule has 1 aromatic carbocycles. The van der Waals surface area contributed by atoms with Crippen LogP contribution in [0.25, 0.3) is 11.1 Å². The van der Waals surface area contributed by atoms with Crippen molar-refractivity contribution in [3.05, 3.63) is 35.7 Å². The van der Waals surface area contributed by atoms with Gasteiger partial charge in [0.05, 0.1) is 12.3 Å². The molecule has 1 atom stereocenters. The maximum absolute atomic E-state index is 12.3. The van der Waals surface area contributed by atoms with Gasteiger partial charge in [0.15, 0.2) is 0 Å². The van der Waals surface area contributed by atoms with Crippen LogP contribution in [0.15, 0.2) is 24.4 Å². The molecule has 0 saturated carbocycles. The van der Waals surface area contributed by atoms with E-state index < -0.39 is 5.60 Å². The van der Waals surface area contributed by atoms with Gasteiger partial charge in [-0.2, -0.15) is 5.10 Å². The Hall–Kier alpha value is -2.50. The average Bonchev–Trinajstić information content (AvgIpc) is 2.91. The predicted octanol–water partition coefficient (Wildman–Crippen LogP) is 4.13. The number of carbonyl (C=O) groups is 1. The summed E-state index contributed by atoms with van der Waals surface area (Å²) in [5.74, 6) is 1.12. The Kier molecular flexibility index (Phi) is 5.18. The smallest absolute Gasteiger partial charge is 0.410 e. The van der Waals surface area contributed by atoms with Crippen LogP contribution >= 0.6 is 0 Å². The predicted molar refractivity (Wildman–Crippen MR) is 105 cm³/mol. The minimum Gasteiger partial charge on any atom is -0.493 e. The summed E-state index contributed by atoms with van der Waals surface area (Å²) in [6.07, 6.45) is 2.59. The molecule has 0 bridgehead atoms. The Bertz CT molecular complexity index is 836. The lowest BCUT2D eigenvalue weighted by Crippen LogP contribution is -2.37. The van der Waals surface area contributed by atoms with Crippen LogP contribution in [0.3, 0.4) is 0 Å². The van der Waals surface area contributed by atoms with Crippen molar-refractivity contribution in [1.82, 2.24) is 14.7 Å². The van der Waals surface area contributed by atoms with Gasteiger partial charge in [-0.25, -0.2) is 4.79 Å². The van der Waals surface area contributed by atoms with Gasteiger partial charge in [-0.15, -0.1) is 0 Å². The van der Waals surface area contributed by atoms with Gasteiger partial charge in [0.1, 0.15) is 11.4 Å². The fourth-order valence-corrected chi connectivity index (χ4v) is 3.51. The van der Waals surface area contributed by atoms with Gasteiger partial charge >= 0.3 is 6.09 Å². The molecule has 27 heavy (non-hydrogen) atoms. The number of carbonyl (C=O) groups excluding carboxylic acids is 1. The van der Waals surface area contributed by atoms with Crippen LogP contribution in [0.1, 0.15) is 44.4 Å². The number of nitrogens with zero attached hydrogens (tertiary/aromatic N) is 3. The maximum Gasteiger partial charge on any atom is 0.410 e. The van der Waals surface area contributed by atoms with Crippen molar-refractivity contribution >= 4 is 6.09 Å². The number of aryl methyl sites for hydroxylation is 2. The van der Waals surface area contributed by atoms with Crippen LogP contribution in [0.5, 0.6) is 5.75 Å². The number of amides is 1. The van der Waals surface area contributed by atoms with Crippen molar-refractivity contribution < 1.29 is 14.3 Å². The van der Waals surface area contributed by atoms with Gasteiger partial charge in [0.25, 0.3) is 0 Å². The van der Waals surface area contributed by atoms with Crippen LogP contribution in [0.2, 0.25) is 0 Å². The van der Waals surface area contributed by atoms with Crippen LogP contribution in [0, 0.1) is 6.92 Å². The highest BCUT2D eigenvalue weighted by Crippen LogP contribution is 2.42. The van der Waals surface area contributed by atoms with E-state index in [0.29, 0.717) is 13.2 Å². The topological polar surface area (TPSA) is 56.6 Å². The van der Waals surface area contributed by atoms with Crippen molar-refractivity contribution in [3.63, 3.8) is 0 Å². The Morgan fingerprint density at radius 2 is 2.11 bits per heavy atom. The highest BCUT2D eigenvalue weighted by atomic mass is 16.6. The number of likely N-dealkylation sites (N-methyl/N-ethyl adjacent to an activating group) is 1. The first-order valence-electron chi connectivity index (χ1n) is 9.36. The van der Waals surface area contributed by atoms with Crippen LogP contribution in [-0.2, 0) is 11.8 Å². The summed E-state index contributed by atoms with van der Waals surface area (Å²) in [4.78, 5) is 14.0. The molecule has 0 radical (unpaired) electrons. The largest absolute Gasteiger partial charge is 0.493 e. The Morgan fingerprint density at radius 3 is 2.74 bits per heavy atom. The van der Waals surface area contributed by atoms with Gasteiger partial charge < -0.3 is 14.4 Å². The summed E-state index contributed by atoms with van der Waals surface area (Å²) in [5.41, 5.74) is 3.75. The average molecular weight is 371 g/mol. The molecule has 1 aliphatic heterocycles. The third kappa shape index (κ3) is 4.26. The van der Waals surface area contributed by atoms with E-state index in [9.17, 15) is 4.79 Å². The summed E-state index contributed by atoms with van der Waals surface area (Å²) in [5, 5.41) is 4.45. The quantitative estimate of drug-likeness (QED) is 0.814. The normalized spacial score (nSPS) is 16.4. The molecule has 1 aliphatic rings. The van der Waals surface area contributed by atoms with Crippen LogP contribution in [0.4, 0.5) is 4.79 Å². The number of benzene rings is 1. The molecule has 0 saturated heterocycles. The van der Waals surface area contributed by atoms with Gasteiger partial charge in [0, 0.05) is 43.9 Å². The zero-order valence-corrected chi connectivity index (χ0v) is 17.1. The van der Waals surface area contributed by atoms with Crippen molar-refractivity contribution in [2.75, 3.05) is 20.2 Å². The van der Waals surface area contributed by atoms with Crippen molar-refractivity contribution in [2.45, 2.75) is 45.6 Å². The second-order valence-corrected chi connectivity index (χ2v) is 8.22. The van der Waals surface area contributed by atoms with Gasteiger partial charge in [0.2, 0.25) is 0 Å². The van der Waals surface area contributed by atoms with E-state index in [1.807, 2.05) is 45.6 Å². The highest BCUT2D eigenvalue weighted by molar-refractivity contribution is 5.74. The number of rotatable bonds is 3. The standard InChI is InChI=1S/C21H29N3O3/c1-14-18(13-24(6)22-14)17-9-7-8-16-15(10-11-26-19(16)17)12-23(5)20(25)27-21(2,3)4/h7-9,13,15H,10-12H2,1-6H3/t15-/m0/s1. The SMILES string of the molecule is Cc1nn(C)cc1-c1cccc2c1OCC[C@H]2CN(C)C(=O)OC(C)(C)C. The highest BCUT2D eigenvalue weighted by Gasteiger charge is 2.28. The van der Waals surface area contributed by atoms with E-state index >= 15 is 0 Å². The Balaban J connectivity index is 1.86. The summed E-state index contributed by atoms with van der Waals surface area (Å²) in [6, 6.07) is 6.22. The summed E-state index contributed by atoms with van der Waals surface area (Å²) in [7, 11) is 3.71. The van der Waals surface area contributed by atoms with Crippen molar-refractivity contribution in [2.24, 2.45) is 7.05 Å². The van der Waals surface area contributed by atoms with E-state index in [0.717, 1.165) is 34.6 Å². The molecule has 1 amide bonds. The van der Waals surface area contributed by atoms with Gasteiger partial charge in [-0.1, -0.05) is 18.2 Å². The molecule has 1 aromatic heterocycles. The molecule has 3 rings (SSSR count). The van der Waals surface area contributed by atoms with Crippen molar-refractivity contribution in [1.29, 1.82) is 0 Å². The number of hydrogen-bond donors (Lipinski definition) is 0. The molecule has 6 heteroatoms. The molecule has 0 spiro atoms. The first kappa shape index (κ1) is 19.3. The lowest BCUT2D eigenvalue weighted by molar-refractivity contribution is 0.0281. The number of hydrogen-bond acceptors (Lipinski definition) is 4. The molecule has 0 N–H and O–H groups in total. The second-order valence-electron chi connectivity index (χ2n) is 8.22. The van der Waals surface area contributed by atoms with E-state index in [2.05, 4.69) is 23.3 Å². The second kappa shape index (κ2) is 7.25. The Morgan fingerprint density at radius 1 is 1.37 bits per heavy atom. The third-order valence-corrected chi connectivity index (χ3v) is 4.70. The van der Waals surface area contributed by atoms with E-state index in [1.165, 1.54) is 0 Å². The molecule has 2 heterocycles. The van der Waals surface area contributed by atoms with E-state index in [1.54, 1.807) is 11.9 Å². The number of aromatic nitrogens is 2. The first-order valence-corrected chi connectivity index (χ1v) is 9.36. The fraction of sp³-hybridized carbons (Fsp3) is 0.524. The van der Waals surface area contributed by atoms with Crippen LogP contribution in [-0.4, -0.2) is 46.6 Å². The number of ether oxygens (including phenoxy) is 2. The fourth-order valence-electron chi connectivity index (χ4n) is 3.51. The molecular weight excluding hydrogens is 342 g/mol. The molecule has 146 valence electrons. The summed E-state index contributed by atoms with van der Waals surface area (Å²) < 4.78 is 13.4. The van der Waals surface area contributed by atoms with E-state index in [-0.39, 0.29) is 12.0 Å². The summed E-state index contributed by atoms with van der Waals surface area (Å²) in [6.45, 7) is 8.88. The van der Waals surface area contributed by atoms with Crippen LogP contribution < -0.4 is 4.74 Å². The summed E-state index contributed by atoms with van der Waals surface area (Å²) >= 11 is 0. The third-order valence-electron chi connectivity index (χ3n) is 4.70. The van der Waals surface area contributed by atoms with Gasteiger partial charge in [-0.05, 0) is 39.7 Å². The minimum atomic E-state index is -0.496. The zero-order valence-electron chi connectivity index (χ0n) is 17.1. The molecule has 0 unspecified atom stereocenters. The molecule has 2 aromatic rings. The molecule has 0 fully saturated rings.